The quantitative estimate of drug-likeness (QED) is 0.695. The molecule has 14 heavy (non-hydrogen) atoms. The molecule has 0 aliphatic rings. The molecule has 0 aliphatic carbocycles. The Balaban J connectivity index is 3.78. The van der Waals surface area contributed by atoms with Crippen LogP contribution in [0.3, 0.4) is 0 Å². The summed E-state index contributed by atoms with van der Waals surface area (Å²) in [4.78, 5) is 0. The average Bonchev–Trinajstić information content (AvgIpc) is 1.97. The molecule has 0 saturated carbocycles. The third kappa shape index (κ3) is 7.34. The van der Waals surface area contributed by atoms with Gasteiger partial charge in [-0.25, -0.2) is 0 Å². The van der Waals surface area contributed by atoms with Gasteiger partial charge in [-0.1, -0.05) is 20.8 Å². The molecule has 0 aromatic heterocycles. The van der Waals surface area contributed by atoms with Crippen molar-refractivity contribution in [3.8, 4) is 0 Å². The van der Waals surface area contributed by atoms with Crippen molar-refractivity contribution in [1.82, 2.24) is 0 Å². The van der Waals surface area contributed by atoms with E-state index in [1.54, 1.807) is 0 Å². The van der Waals surface area contributed by atoms with Crippen molar-refractivity contribution in [2.75, 3.05) is 0 Å². The Morgan fingerprint density at radius 1 is 1.14 bits per heavy atom. The van der Waals surface area contributed by atoms with Gasteiger partial charge >= 0.3 is 0 Å². The van der Waals surface area contributed by atoms with E-state index < -0.39 is 5.60 Å². The number of rotatable bonds is 6. The van der Waals surface area contributed by atoms with Crippen LogP contribution in [-0.4, -0.2) is 21.9 Å². The molecule has 0 fully saturated rings. The van der Waals surface area contributed by atoms with Crippen LogP contribution in [0.1, 0.15) is 53.9 Å². The van der Waals surface area contributed by atoms with Crippen LogP contribution in [0, 0.1) is 11.8 Å². The van der Waals surface area contributed by atoms with Crippen LogP contribution in [0.2, 0.25) is 0 Å². The lowest BCUT2D eigenvalue weighted by molar-refractivity contribution is 0.0426. The summed E-state index contributed by atoms with van der Waals surface area (Å²) in [7, 11) is 0. The van der Waals surface area contributed by atoms with Gasteiger partial charge in [-0.05, 0) is 44.9 Å². The Labute approximate surface area is 88.3 Å². The summed E-state index contributed by atoms with van der Waals surface area (Å²) in [5.74, 6) is 0.818. The van der Waals surface area contributed by atoms with Crippen molar-refractivity contribution in [2.24, 2.45) is 11.8 Å². The minimum absolute atomic E-state index is 0.225. The second-order valence-corrected chi connectivity index (χ2v) is 5.53. The van der Waals surface area contributed by atoms with Crippen LogP contribution in [-0.2, 0) is 0 Å². The molecule has 2 heteroatoms. The minimum atomic E-state index is -0.605. The zero-order valence-corrected chi connectivity index (χ0v) is 10.2. The standard InChI is InChI=1S/C12H26O2/c1-9(2)8-11(13)10(3)6-7-12(4,5)14/h9-11,13-14H,6-8H2,1-5H3/t10-,11?/m0/s1. The summed E-state index contributed by atoms with van der Waals surface area (Å²) < 4.78 is 0. The third-order valence-electron chi connectivity index (χ3n) is 2.58. The van der Waals surface area contributed by atoms with Gasteiger partial charge in [0.25, 0.3) is 0 Å². The summed E-state index contributed by atoms with van der Waals surface area (Å²) >= 11 is 0. The smallest absolute Gasteiger partial charge is 0.0591 e. The number of hydrogen-bond donors (Lipinski definition) is 2. The van der Waals surface area contributed by atoms with E-state index in [-0.39, 0.29) is 12.0 Å². The van der Waals surface area contributed by atoms with Crippen LogP contribution >= 0.6 is 0 Å². The predicted octanol–water partition coefficient (Wildman–Crippen LogP) is 2.58. The van der Waals surface area contributed by atoms with Gasteiger partial charge in [-0.3, -0.25) is 0 Å². The van der Waals surface area contributed by atoms with Crippen LogP contribution in [0.15, 0.2) is 0 Å². The average molecular weight is 202 g/mol. The monoisotopic (exact) mass is 202 g/mol. The van der Waals surface area contributed by atoms with Crippen LogP contribution in [0.5, 0.6) is 0 Å². The van der Waals surface area contributed by atoms with Crippen LogP contribution in [0.4, 0.5) is 0 Å². The highest BCUT2D eigenvalue weighted by atomic mass is 16.3. The summed E-state index contributed by atoms with van der Waals surface area (Å²) in [6.45, 7) is 9.92. The SMILES string of the molecule is CC(C)CC(O)[C@@H](C)CCC(C)(C)O. The maximum absolute atomic E-state index is 9.80. The maximum atomic E-state index is 9.80. The van der Waals surface area contributed by atoms with E-state index in [4.69, 9.17) is 0 Å². The van der Waals surface area contributed by atoms with Gasteiger partial charge in [-0.15, -0.1) is 0 Å². The topological polar surface area (TPSA) is 40.5 Å². The molecule has 2 atom stereocenters. The Bertz CT molecular complexity index is 147. The Kier molecular flexibility index (Phi) is 5.68. The highest BCUT2D eigenvalue weighted by Gasteiger charge is 2.19. The lowest BCUT2D eigenvalue weighted by Gasteiger charge is -2.24. The summed E-state index contributed by atoms with van der Waals surface area (Å²) in [5.41, 5.74) is -0.605. The fourth-order valence-electron chi connectivity index (χ4n) is 1.49. The van der Waals surface area contributed by atoms with Gasteiger partial charge in [0.1, 0.15) is 0 Å². The predicted molar refractivity (Wildman–Crippen MR) is 60.2 cm³/mol. The van der Waals surface area contributed by atoms with Gasteiger partial charge in [0.05, 0.1) is 11.7 Å². The Morgan fingerprint density at radius 2 is 1.64 bits per heavy atom. The molecule has 0 aliphatic heterocycles. The number of aliphatic hydroxyl groups is 2. The van der Waals surface area contributed by atoms with E-state index in [1.807, 2.05) is 13.8 Å². The van der Waals surface area contributed by atoms with Gasteiger partial charge in [0.2, 0.25) is 0 Å². The largest absolute Gasteiger partial charge is 0.393 e. The van der Waals surface area contributed by atoms with E-state index in [0.29, 0.717) is 5.92 Å². The molecule has 0 amide bonds. The maximum Gasteiger partial charge on any atom is 0.0591 e. The van der Waals surface area contributed by atoms with Crippen molar-refractivity contribution < 1.29 is 10.2 Å². The van der Waals surface area contributed by atoms with Crippen LogP contribution < -0.4 is 0 Å². The van der Waals surface area contributed by atoms with E-state index in [1.165, 1.54) is 0 Å². The molecule has 2 N–H and O–H groups in total. The molecule has 2 nitrogen and oxygen atoms in total. The first kappa shape index (κ1) is 13.9. The highest BCUT2D eigenvalue weighted by Crippen LogP contribution is 2.21. The Hall–Kier alpha value is -0.0800. The molecule has 86 valence electrons. The van der Waals surface area contributed by atoms with E-state index >= 15 is 0 Å². The third-order valence-corrected chi connectivity index (χ3v) is 2.58. The number of hydrogen-bond acceptors (Lipinski definition) is 2. The van der Waals surface area contributed by atoms with Crippen molar-refractivity contribution in [2.45, 2.75) is 65.6 Å². The fourth-order valence-corrected chi connectivity index (χ4v) is 1.49. The molecular formula is C12H26O2. The Morgan fingerprint density at radius 3 is 2.00 bits per heavy atom. The molecule has 0 radical (unpaired) electrons. The number of aliphatic hydroxyl groups excluding tert-OH is 1. The van der Waals surface area contributed by atoms with Gasteiger partial charge < -0.3 is 10.2 Å². The van der Waals surface area contributed by atoms with Gasteiger partial charge in [-0.2, -0.15) is 0 Å². The van der Waals surface area contributed by atoms with Crippen molar-refractivity contribution in [3.05, 3.63) is 0 Å². The van der Waals surface area contributed by atoms with E-state index in [0.717, 1.165) is 19.3 Å². The summed E-state index contributed by atoms with van der Waals surface area (Å²) in [6, 6.07) is 0. The fraction of sp³-hybridized carbons (Fsp3) is 1.00. The highest BCUT2D eigenvalue weighted by molar-refractivity contribution is 4.71. The zero-order valence-electron chi connectivity index (χ0n) is 10.2. The van der Waals surface area contributed by atoms with Gasteiger partial charge in [0, 0.05) is 0 Å². The van der Waals surface area contributed by atoms with Crippen molar-refractivity contribution in [3.63, 3.8) is 0 Å². The normalized spacial score (nSPS) is 17.1. The lowest BCUT2D eigenvalue weighted by Crippen LogP contribution is -2.24. The first-order valence-corrected chi connectivity index (χ1v) is 5.63. The molecule has 0 aromatic carbocycles. The molecular weight excluding hydrogens is 176 g/mol. The minimum Gasteiger partial charge on any atom is -0.393 e. The molecule has 0 rings (SSSR count). The van der Waals surface area contributed by atoms with E-state index in [9.17, 15) is 10.2 Å². The molecule has 1 unspecified atom stereocenters. The summed E-state index contributed by atoms with van der Waals surface area (Å²) in [5, 5.41) is 19.4. The second kappa shape index (κ2) is 5.72. The molecule has 0 aromatic rings. The zero-order chi connectivity index (χ0) is 11.4. The van der Waals surface area contributed by atoms with Crippen molar-refractivity contribution >= 4 is 0 Å². The molecule has 0 heterocycles. The molecule has 0 bridgehead atoms. The first-order valence-electron chi connectivity index (χ1n) is 5.63. The lowest BCUT2D eigenvalue weighted by atomic mass is 9.89. The van der Waals surface area contributed by atoms with Crippen LogP contribution in [0.25, 0.3) is 0 Å². The van der Waals surface area contributed by atoms with Crippen molar-refractivity contribution in [1.29, 1.82) is 0 Å². The molecule has 0 saturated heterocycles. The summed E-state index contributed by atoms with van der Waals surface area (Å²) in [6.07, 6.45) is 2.27. The van der Waals surface area contributed by atoms with Gasteiger partial charge in [0.15, 0.2) is 0 Å². The second-order valence-electron chi connectivity index (χ2n) is 5.53. The molecule has 0 spiro atoms. The van der Waals surface area contributed by atoms with E-state index in [2.05, 4.69) is 20.8 Å². The first-order chi connectivity index (χ1) is 6.22.